The molecule has 0 unspecified atom stereocenters. The van der Waals surface area contributed by atoms with Crippen LogP contribution in [0.4, 0.5) is 10.1 Å². The SMILES string of the molecule is COc1cc(C(=O)N(C)c2ccc(CN)cc2)ccc1F. The van der Waals surface area contributed by atoms with E-state index in [0.29, 0.717) is 12.1 Å². The molecule has 0 aromatic heterocycles. The van der Waals surface area contributed by atoms with Crippen LogP contribution in [0.15, 0.2) is 42.5 Å². The summed E-state index contributed by atoms with van der Waals surface area (Å²) in [5, 5.41) is 0. The number of nitrogens with zero attached hydrogens (tertiary/aromatic N) is 1. The third kappa shape index (κ3) is 3.20. The van der Waals surface area contributed by atoms with E-state index in [1.54, 1.807) is 7.05 Å². The molecule has 2 aromatic rings. The third-order valence-electron chi connectivity index (χ3n) is 3.26. The summed E-state index contributed by atoms with van der Waals surface area (Å²) in [6.07, 6.45) is 0. The second kappa shape index (κ2) is 6.37. The van der Waals surface area contributed by atoms with Crippen LogP contribution >= 0.6 is 0 Å². The lowest BCUT2D eigenvalue weighted by Crippen LogP contribution is -2.26. The van der Waals surface area contributed by atoms with E-state index in [9.17, 15) is 9.18 Å². The highest BCUT2D eigenvalue weighted by atomic mass is 19.1. The Morgan fingerprint density at radius 1 is 1.24 bits per heavy atom. The maximum Gasteiger partial charge on any atom is 0.258 e. The van der Waals surface area contributed by atoms with E-state index in [-0.39, 0.29) is 11.7 Å². The molecule has 0 fully saturated rings. The van der Waals surface area contributed by atoms with E-state index in [1.807, 2.05) is 24.3 Å². The number of hydrogen-bond donors (Lipinski definition) is 1. The monoisotopic (exact) mass is 288 g/mol. The standard InChI is InChI=1S/C16H17FN2O2/c1-19(13-6-3-11(10-18)4-7-13)16(20)12-5-8-14(17)15(9-12)21-2/h3-9H,10,18H2,1-2H3. The summed E-state index contributed by atoms with van der Waals surface area (Å²) >= 11 is 0. The molecular weight excluding hydrogens is 271 g/mol. The number of nitrogens with two attached hydrogens (primary N) is 1. The first-order valence-corrected chi connectivity index (χ1v) is 6.47. The lowest BCUT2D eigenvalue weighted by Gasteiger charge is -2.18. The van der Waals surface area contributed by atoms with E-state index in [0.717, 1.165) is 11.3 Å². The Balaban J connectivity index is 2.25. The Kier molecular flexibility index (Phi) is 4.55. The highest BCUT2D eigenvalue weighted by Gasteiger charge is 2.15. The predicted molar refractivity (Wildman–Crippen MR) is 80.0 cm³/mol. The normalized spacial score (nSPS) is 10.3. The largest absolute Gasteiger partial charge is 0.494 e. The molecule has 21 heavy (non-hydrogen) atoms. The molecule has 0 saturated carbocycles. The number of benzene rings is 2. The van der Waals surface area contributed by atoms with Gasteiger partial charge in [0.1, 0.15) is 0 Å². The predicted octanol–water partition coefficient (Wildman–Crippen LogP) is 2.57. The molecule has 0 atom stereocenters. The van der Waals surface area contributed by atoms with Crippen molar-refractivity contribution in [2.45, 2.75) is 6.54 Å². The number of carbonyl (C=O) groups is 1. The second-order valence-electron chi connectivity index (χ2n) is 4.58. The Bertz CT molecular complexity index is 641. The zero-order valence-corrected chi connectivity index (χ0v) is 12.0. The molecule has 4 nitrogen and oxygen atoms in total. The van der Waals surface area contributed by atoms with Gasteiger partial charge in [-0.25, -0.2) is 4.39 Å². The van der Waals surface area contributed by atoms with Crippen molar-refractivity contribution < 1.29 is 13.9 Å². The van der Waals surface area contributed by atoms with Crippen LogP contribution in [0.3, 0.4) is 0 Å². The van der Waals surface area contributed by atoms with Crippen LogP contribution in [-0.4, -0.2) is 20.1 Å². The summed E-state index contributed by atoms with van der Waals surface area (Å²) in [5.74, 6) is -0.689. The summed E-state index contributed by atoms with van der Waals surface area (Å²) < 4.78 is 18.3. The van der Waals surface area contributed by atoms with E-state index in [4.69, 9.17) is 10.5 Å². The number of amides is 1. The van der Waals surface area contributed by atoms with Gasteiger partial charge in [-0.05, 0) is 35.9 Å². The molecule has 0 spiro atoms. The van der Waals surface area contributed by atoms with Crippen molar-refractivity contribution in [2.75, 3.05) is 19.1 Å². The first kappa shape index (κ1) is 15.0. The van der Waals surface area contributed by atoms with Gasteiger partial charge in [0.2, 0.25) is 0 Å². The number of carbonyl (C=O) groups excluding carboxylic acids is 1. The molecule has 0 bridgehead atoms. The van der Waals surface area contributed by atoms with E-state index in [2.05, 4.69) is 0 Å². The molecule has 2 N–H and O–H groups in total. The van der Waals surface area contributed by atoms with Crippen molar-refractivity contribution in [1.29, 1.82) is 0 Å². The molecule has 110 valence electrons. The fraction of sp³-hybridized carbons (Fsp3) is 0.188. The van der Waals surface area contributed by atoms with Gasteiger partial charge >= 0.3 is 0 Å². The average Bonchev–Trinajstić information content (AvgIpc) is 2.54. The zero-order valence-electron chi connectivity index (χ0n) is 12.0. The maximum atomic E-state index is 13.4. The van der Waals surface area contributed by atoms with Gasteiger partial charge in [-0.15, -0.1) is 0 Å². The minimum Gasteiger partial charge on any atom is -0.494 e. The van der Waals surface area contributed by atoms with Crippen molar-refractivity contribution in [3.63, 3.8) is 0 Å². The molecule has 0 aliphatic carbocycles. The number of rotatable bonds is 4. The van der Waals surface area contributed by atoms with Crippen LogP contribution in [-0.2, 0) is 6.54 Å². The van der Waals surface area contributed by atoms with Gasteiger partial charge in [0.25, 0.3) is 5.91 Å². The lowest BCUT2D eigenvalue weighted by atomic mass is 10.1. The minimum absolute atomic E-state index is 0.0488. The van der Waals surface area contributed by atoms with Crippen molar-refractivity contribution >= 4 is 11.6 Å². The Hall–Kier alpha value is -2.40. The van der Waals surface area contributed by atoms with Crippen molar-refractivity contribution in [3.05, 3.63) is 59.4 Å². The lowest BCUT2D eigenvalue weighted by molar-refractivity contribution is 0.0992. The van der Waals surface area contributed by atoms with Crippen LogP contribution in [0.1, 0.15) is 15.9 Å². The summed E-state index contributed by atoms with van der Waals surface area (Å²) in [5.41, 5.74) is 7.63. The smallest absolute Gasteiger partial charge is 0.258 e. The zero-order chi connectivity index (χ0) is 15.4. The van der Waals surface area contributed by atoms with Gasteiger partial charge in [-0.2, -0.15) is 0 Å². The van der Waals surface area contributed by atoms with Gasteiger partial charge < -0.3 is 15.4 Å². The topological polar surface area (TPSA) is 55.6 Å². The summed E-state index contributed by atoms with van der Waals surface area (Å²) in [6, 6.07) is 11.4. The van der Waals surface area contributed by atoms with Crippen LogP contribution in [0.2, 0.25) is 0 Å². The van der Waals surface area contributed by atoms with Gasteiger partial charge in [0, 0.05) is 24.8 Å². The number of halogens is 1. The first-order chi connectivity index (χ1) is 10.1. The first-order valence-electron chi connectivity index (χ1n) is 6.47. The minimum atomic E-state index is -0.496. The Labute approximate surface area is 122 Å². The van der Waals surface area contributed by atoms with Crippen LogP contribution in [0.5, 0.6) is 5.75 Å². The quantitative estimate of drug-likeness (QED) is 0.940. The molecule has 0 heterocycles. The molecule has 2 aromatic carbocycles. The average molecular weight is 288 g/mol. The molecule has 0 saturated heterocycles. The van der Waals surface area contributed by atoms with Crippen LogP contribution in [0, 0.1) is 5.82 Å². The number of ether oxygens (including phenoxy) is 1. The molecule has 2 rings (SSSR count). The molecule has 0 aliphatic heterocycles. The molecular formula is C16H17FN2O2. The Morgan fingerprint density at radius 3 is 2.48 bits per heavy atom. The van der Waals surface area contributed by atoms with E-state index < -0.39 is 5.82 Å². The molecule has 0 radical (unpaired) electrons. The van der Waals surface area contributed by atoms with Gasteiger partial charge in [-0.1, -0.05) is 12.1 Å². The Morgan fingerprint density at radius 2 is 1.90 bits per heavy atom. The van der Waals surface area contributed by atoms with Crippen molar-refractivity contribution in [1.82, 2.24) is 0 Å². The van der Waals surface area contributed by atoms with E-state index >= 15 is 0 Å². The van der Waals surface area contributed by atoms with Crippen LogP contribution in [0.25, 0.3) is 0 Å². The van der Waals surface area contributed by atoms with E-state index in [1.165, 1.54) is 30.2 Å². The number of anilines is 1. The molecule has 5 heteroatoms. The van der Waals surface area contributed by atoms with Crippen molar-refractivity contribution in [2.24, 2.45) is 5.73 Å². The summed E-state index contributed by atoms with van der Waals surface area (Å²) in [4.78, 5) is 13.9. The maximum absolute atomic E-state index is 13.4. The molecule has 0 aliphatic rings. The van der Waals surface area contributed by atoms with Gasteiger partial charge in [-0.3, -0.25) is 4.79 Å². The number of methoxy groups -OCH3 is 1. The van der Waals surface area contributed by atoms with Crippen LogP contribution < -0.4 is 15.4 Å². The second-order valence-corrected chi connectivity index (χ2v) is 4.58. The van der Waals surface area contributed by atoms with Gasteiger partial charge in [0.15, 0.2) is 11.6 Å². The third-order valence-corrected chi connectivity index (χ3v) is 3.26. The highest BCUT2D eigenvalue weighted by Crippen LogP contribution is 2.21. The fourth-order valence-electron chi connectivity index (χ4n) is 1.96. The summed E-state index contributed by atoms with van der Waals surface area (Å²) in [7, 11) is 3.03. The molecule has 1 amide bonds. The highest BCUT2D eigenvalue weighted by molar-refractivity contribution is 6.05. The van der Waals surface area contributed by atoms with Gasteiger partial charge in [0.05, 0.1) is 7.11 Å². The van der Waals surface area contributed by atoms with Crippen molar-refractivity contribution in [3.8, 4) is 5.75 Å². The fourth-order valence-corrected chi connectivity index (χ4v) is 1.96. The summed E-state index contributed by atoms with van der Waals surface area (Å²) in [6.45, 7) is 0.451. The number of hydrogen-bond acceptors (Lipinski definition) is 3.